The van der Waals surface area contributed by atoms with Gasteiger partial charge in [0.05, 0.1) is 6.54 Å². The maximum atomic E-state index is 9.20. The second-order valence-corrected chi connectivity index (χ2v) is 4.86. The normalized spacial score (nSPS) is 10.3. The van der Waals surface area contributed by atoms with E-state index in [1.54, 1.807) is 17.1 Å². The van der Waals surface area contributed by atoms with Crippen LogP contribution in [0.5, 0.6) is 0 Å². The highest BCUT2D eigenvalue weighted by Gasteiger charge is 2.15. The Morgan fingerprint density at radius 1 is 1.24 bits per heavy atom. The van der Waals surface area contributed by atoms with Crippen LogP contribution in [0.2, 0.25) is 5.02 Å². The fraction of sp³-hybridized carbons (Fsp3) is 0.0667. The van der Waals surface area contributed by atoms with Crippen molar-refractivity contribution in [3.63, 3.8) is 0 Å². The van der Waals surface area contributed by atoms with Gasteiger partial charge in [0, 0.05) is 23.0 Å². The molecule has 0 saturated heterocycles. The highest BCUT2D eigenvalue weighted by Crippen LogP contribution is 2.22. The molecule has 0 spiro atoms. The fourth-order valence-electron chi connectivity index (χ4n) is 2.10. The van der Waals surface area contributed by atoms with Crippen molar-refractivity contribution in [3.8, 4) is 17.3 Å². The predicted molar refractivity (Wildman–Crippen MR) is 78.5 cm³/mol. The second kappa shape index (κ2) is 5.73. The van der Waals surface area contributed by atoms with E-state index in [9.17, 15) is 5.26 Å². The highest BCUT2D eigenvalue weighted by atomic mass is 35.5. The van der Waals surface area contributed by atoms with E-state index in [-0.39, 0.29) is 5.69 Å². The number of aromatic nitrogens is 4. The smallest absolute Gasteiger partial charge is 0.190 e. The van der Waals surface area contributed by atoms with Crippen molar-refractivity contribution in [1.82, 2.24) is 20.0 Å². The Labute approximate surface area is 126 Å². The van der Waals surface area contributed by atoms with Gasteiger partial charge in [-0.15, -0.1) is 5.10 Å². The summed E-state index contributed by atoms with van der Waals surface area (Å²) >= 11 is 5.99. The molecule has 2 aromatic heterocycles. The third-order valence-corrected chi connectivity index (χ3v) is 3.23. The summed E-state index contributed by atoms with van der Waals surface area (Å²) in [5.41, 5.74) is 2.73. The lowest BCUT2D eigenvalue weighted by molar-refractivity contribution is 0.655. The number of nitriles is 1. The number of benzene rings is 1. The van der Waals surface area contributed by atoms with Gasteiger partial charge in [0.2, 0.25) is 0 Å². The molecule has 1 aromatic carbocycles. The number of pyridine rings is 1. The van der Waals surface area contributed by atoms with Crippen LogP contribution < -0.4 is 0 Å². The molecule has 0 saturated carbocycles. The van der Waals surface area contributed by atoms with Gasteiger partial charge in [-0.3, -0.25) is 4.98 Å². The highest BCUT2D eigenvalue weighted by molar-refractivity contribution is 6.30. The Morgan fingerprint density at radius 2 is 2.14 bits per heavy atom. The average molecular weight is 296 g/mol. The number of nitrogens with zero attached hydrogens (tertiary/aromatic N) is 5. The van der Waals surface area contributed by atoms with Crippen molar-refractivity contribution in [3.05, 3.63) is 65.1 Å². The summed E-state index contributed by atoms with van der Waals surface area (Å²) in [4.78, 5) is 4.08. The molecule has 0 radical (unpaired) electrons. The molecule has 5 nitrogen and oxygen atoms in total. The van der Waals surface area contributed by atoms with Gasteiger partial charge >= 0.3 is 0 Å². The molecular weight excluding hydrogens is 286 g/mol. The second-order valence-electron chi connectivity index (χ2n) is 4.43. The quantitative estimate of drug-likeness (QED) is 0.745. The van der Waals surface area contributed by atoms with Crippen LogP contribution in [0.1, 0.15) is 11.3 Å². The van der Waals surface area contributed by atoms with Crippen LogP contribution in [0.15, 0.2) is 48.8 Å². The molecule has 102 valence electrons. The van der Waals surface area contributed by atoms with Crippen LogP contribution in [0.3, 0.4) is 0 Å². The van der Waals surface area contributed by atoms with Crippen LogP contribution in [-0.2, 0) is 6.54 Å². The van der Waals surface area contributed by atoms with E-state index in [0.717, 1.165) is 11.1 Å². The van der Waals surface area contributed by atoms with Crippen molar-refractivity contribution < 1.29 is 0 Å². The summed E-state index contributed by atoms with van der Waals surface area (Å²) in [6.45, 7) is 0.486. The molecule has 0 aliphatic rings. The molecule has 0 N–H and O–H groups in total. The molecule has 3 rings (SSSR count). The van der Waals surface area contributed by atoms with E-state index < -0.39 is 0 Å². The van der Waals surface area contributed by atoms with Crippen molar-refractivity contribution in [2.75, 3.05) is 0 Å². The van der Waals surface area contributed by atoms with Gasteiger partial charge in [-0.1, -0.05) is 28.9 Å². The summed E-state index contributed by atoms with van der Waals surface area (Å²) in [6.07, 6.45) is 3.37. The molecule has 0 aliphatic carbocycles. The third kappa shape index (κ3) is 2.76. The van der Waals surface area contributed by atoms with Gasteiger partial charge in [0.1, 0.15) is 11.8 Å². The Balaban J connectivity index is 2.04. The maximum absolute atomic E-state index is 9.20. The average Bonchev–Trinajstić information content (AvgIpc) is 2.91. The maximum Gasteiger partial charge on any atom is 0.190 e. The summed E-state index contributed by atoms with van der Waals surface area (Å²) in [5, 5.41) is 17.8. The van der Waals surface area contributed by atoms with Gasteiger partial charge in [-0.25, -0.2) is 4.68 Å². The van der Waals surface area contributed by atoms with Gasteiger partial charge in [-0.2, -0.15) is 5.26 Å². The lowest BCUT2D eigenvalue weighted by Crippen LogP contribution is -2.04. The van der Waals surface area contributed by atoms with Crippen LogP contribution >= 0.6 is 11.6 Å². The lowest BCUT2D eigenvalue weighted by Gasteiger charge is -2.07. The van der Waals surface area contributed by atoms with Gasteiger partial charge in [0.15, 0.2) is 5.69 Å². The van der Waals surface area contributed by atoms with E-state index in [2.05, 4.69) is 21.4 Å². The molecule has 3 aromatic rings. The Kier molecular flexibility index (Phi) is 3.63. The number of hydrogen-bond donors (Lipinski definition) is 0. The zero-order chi connectivity index (χ0) is 14.7. The summed E-state index contributed by atoms with van der Waals surface area (Å²) in [6, 6.07) is 13.3. The lowest BCUT2D eigenvalue weighted by atomic mass is 10.1. The zero-order valence-electron chi connectivity index (χ0n) is 10.9. The third-order valence-electron chi connectivity index (χ3n) is 3.00. The minimum Gasteiger partial charge on any atom is -0.264 e. The summed E-state index contributed by atoms with van der Waals surface area (Å²) in [7, 11) is 0. The van der Waals surface area contributed by atoms with E-state index in [0.29, 0.717) is 17.3 Å². The van der Waals surface area contributed by atoms with Crippen molar-refractivity contribution in [2.24, 2.45) is 0 Å². The van der Waals surface area contributed by atoms with Gasteiger partial charge in [0.25, 0.3) is 0 Å². The molecule has 0 fully saturated rings. The van der Waals surface area contributed by atoms with E-state index in [4.69, 9.17) is 11.6 Å². The number of halogens is 1. The van der Waals surface area contributed by atoms with Crippen LogP contribution in [0, 0.1) is 11.3 Å². The molecule has 0 aliphatic heterocycles. The molecule has 21 heavy (non-hydrogen) atoms. The minimum absolute atomic E-state index is 0.282. The van der Waals surface area contributed by atoms with E-state index >= 15 is 0 Å². The first-order valence-corrected chi connectivity index (χ1v) is 6.64. The van der Waals surface area contributed by atoms with Crippen LogP contribution in [0.25, 0.3) is 11.3 Å². The van der Waals surface area contributed by atoms with E-state index in [1.807, 2.05) is 36.4 Å². The van der Waals surface area contributed by atoms with Gasteiger partial charge < -0.3 is 0 Å². The SMILES string of the molecule is N#Cc1nnn(Cc2cccc(Cl)c2)c1-c1cccnc1. The van der Waals surface area contributed by atoms with Crippen molar-refractivity contribution in [1.29, 1.82) is 5.26 Å². The molecule has 0 unspecified atom stereocenters. The van der Waals surface area contributed by atoms with Crippen LogP contribution in [-0.4, -0.2) is 20.0 Å². The van der Waals surface area contributed by atoms with Crippen LogP contribution in [0.4, 0.5) is 0 Å². The fourth-order valence-corrected chi connectivity index (χ4v) is 2.31. The van der Waals surface area contributed by atoms with Crippen molar-refractivity contribution >= 4 is 11.6 Å². The Morgan fingerprint density at radius 3 is 2.86 bits per heavy atom. The first kappa shape index (κ1) is 13.3. The molecule has 0 amide bonds. The standard InChI is InChI=1S/C15H10ClN5/c16-13-5-1-3-11(7-13)10-21-15(14(8-17)19-20-21)12-4-2-6-18-9-12/h1-7,9H,10H2. The summed E-state index contributed by atoms with van der Waals surface area (Å²) < 4.78 is 1.68. The molecule has 6 heteroatoms. The first-order valence-electron chi connectivity index (χ1n) is 6.26. The largest absolute Gasteiger partial charge is 0.264 e. The molecule has 0 bridgehead atoms. The topological polar surface area (TPSA) is 67.4 Å². The zero-order valence-corrected chi connectivity index (χ0v) is 11.7. The first-order chi connectivity index (χ1) is 10.3. The number of hydrogen-bond acceptors (Lipinski definition) is 4. The minimum atomic E-state index is 0.282. The Hall–Kier alpha value is -2.71. The monoisotopic (exact) mass is 295 g/mol. The number of rotatable bonds is 3. The van der Waals surface area contributed by atoms with Gasteiger partial charge in [-0.05, 0) is 29.8 Å². The molecule has 0 atom stereocenters. The predicted octanol–water partition coefficient (Wildman–Crippen LogP) is 2.91. The van der Waals surface area contributed by atoms with E-state index in [1.165, 1.54) is 0 Å². The summed E-state index contributed by atoms with van der Waals surface area (Å²) in [5.74, 6) is 0. The molecular formula is C15H10ClN5. The Bertz CT molecular complexity index is 804. The molecule has 2 heterocycles. The van der Waals surface area contributed by atoms with Crippen molar-refractivity contribution in [2.45, 2.75) is 6.54 Å².